The maximum absolute atomic E-state index is 14.1. The van der Waals surface area contributed by atoms with Crippen molar-refractivity contribution in [2.24, 2.45) is 5.73 Å². The molecule has 2 amide bonds. The Bertz CT molecular complexity index is 1240. The maximum atomic E-state index is 14.1. The number of urea groups is 1. The number of rotatable bonds is 4. The molecule has 2 atom stereocenters. The number of hydrogen-bond donors (Lipinski definition) is 1. The fourth-order valence-corrected chi connectivity index (χ4v) is 5.17. The molecule has 2 saturated heterocycles. The van der Waals surface area contributed by atoms with Gasteiger partial charge >= 0.3 is 12.4 Å². The van der Waals surface area contributed by atoms with Crippen molar-refractivity contribution >= 4 is 40.6 Å². The van der Waals surface area contributed by atoms with E-state index in [0.717, 1.165) is 0 Å². The Morgan fingerprint density at radius 2 is 1.57 bits per heavy atom. The molecule has 0 bridgehead atoms. The number of hydrogen-bond acceptors (Lipinski definition) is 4. The topological polar surface area (TPSA) is 68.0 Å². The van der Waals surface area contributed by atoms with Crippen molar-refractivity contribution in [2.75, 3.05) is 30.1 Å². The summed E-state index contributed by atoms with van der Waals surface area (Å²) >= 11 is 12.2. The van der Waals surface area contributed by atoms with Gasteiger partial charge in [-0.15, -0.1) is 13.2 Å². The van der Waals surface area contributed by atoms with Crippen molar-refractivity contribution in [2.45, 2.75) is 24.4 Å². The Balaban J connectivity index is 0.00000156. The summed E-state index contributed by atoms with van der Waals surface area (Å²) in [6.07, 6.45) is -4.39. The van der Waals surface area contributed by atoms with E-state index >= 15 is 0 Å². The van der Waals surface area contributed by atoms with Gasteiger partial charge in [-0.05, 0) is 79.7 Å². The number of carbonyl (C=O) groups excluding carboxylic acids is 1. The third-order valence-electron chi connectivity index (χ3n) is 6.27. The molecule has 2 heterocycles. The van der Waals surface area contributed by atoms with Gasteiger partial charge < -0.3 is 15.2 Å². The molecule has 0 radical (unpaired) electrons. The fraction of sp³-hybridized carbons (Fsp3) is 0.269. The number of halogens is 5. The third-order valence-corrected chi connectivity index (χ3v) is 6.78. The second-order valence-corrected chi connectivity index (χ2v) is 9.17. The van der Waals surface area contributed by atoms with E-state index in [9.17, 15) is 18.0 Å². The van der Waals surface area contributed by atoms with Crippen LogP contribution in [-0.4, -0.2) is 38.7 Å². The van der Waals surface area contributed by atoms with E-state index in [1.165, 1.54) is 25.2 Å². The predicted octanol–water partition coefficient (Wildman–Crippen LogP) is 6.60. The van der Waals surface area contributed by atoms with Gasteiger partial charge in [0, 0.05) is 28.0 Å². The lowest BCUT2D eigenvalue weighted by Gasteiger charge is -2.44. The molecule has 2 N–H and O–H groups in total. The molecule has 6 nitrogen and oxygen atoms in total. The van der Waals surface area contributed by atoms with Gasteiger partial charge in [-0.3, -0.25) is 9.80 Å². The SMILES string of the molecule is CN.O=C1N(c2ccc(Cl)cc2)C2CCOCC2(c2cccc(OC(F)(F)F)c2)N1c1ccc(Cl)cc1. The van der Waals surface area contributed by atoms with Gasteiger partial charge in [-0.25, -0.2) is 4.79 Å². The van der Waals surface area contributed by atoms with Crippen molar-refractivity contribution in [1.82, 2.24) is 0 Å². The van der Waals surface area contributed by atoms with E-state index in [4.69, 9.17) is 27.9 Å². The predicted molar refractivity (Wildman–Crippen MR) is 137 cm³/mol. The number of alkyl halides is 3. The lowest BCUT2D eigenvalue weighted by atomic mass is 9.79. The van der Waals surface area contributed by atoms with Gasteiger partial charge in [0.15, 0.2) is 0 Å². The van der Waals surface area contributed by atoms with Crippen LogP contribution in [0.1, 0.15) is 12.0 Å². The highest BCUT2D eigenvalue weighted by Crippen LogP contribution is 2.50. The van der Waals surface area contributed by atoms with Crippen LogP contribution in [0.15, 0.2) is 72.8 Å². The Hall–Kier alpha value is -2.98. The largest absolute Gasteiger partial charge is 0.573 e. The quantitative estimate of drug-likeness (QED) is 0.395. The molecular formula is C26H24Cl2F3N3O3. The molecule has 3 aromatic rings. The molecule has 0 saturated carbocycles. The van der Waals surface area contributed by atoms with Crippen LogP contribution >= 0.6 is 23.2 Å². The summed E-state index contributed by atoms with van der Waals surface area (Å²) in [6.45, 7) is 0.461. The number of benzene rings is 3. The smallest absolute Gasteiger partial charge is 0.406 e. The monoisotopic (exact) mass is 553 g/mol. The van der Waals surface area contributed by atoms with Crippen LogP contribution in [0.5, 0.6) is 5.75 Å². The number of anilines is 2. The van der Waals surface area contributed by atoms with Crippen molar-refractivity contribution in [3.63, 3.8) is 0 Å². The van der Waals surface area contributed by atoms with Gasteiger partial charge in [-0.1, -0.05) is 35.3 Å². The van der Waals surface area contributed by atoms with E-state index in [1.807, 2.05) is 0 Å². The number of carbonyl (C=O) groups is 1. The zero-order chi connectivity index (χ0) is 26.8. The van der Waals surface area contributed by atoms with Crippen LogP contribution in [0, 0.1) is 0 Å². The average Bonchev–Trinajstić information content (AvgIpc) is 3.14. The van der Waals surface area contributed by atoms with E-state index < -0.39 is 17.9 Å². The first-order chi connectivity index (χ1) is 17.7. The summed E-state index contributed by atoms with van der Waals surface area (Å²) in [4.78, 5) is 17.3. The number of fused-ring (bicyclic) bond motifs is 1. The summed E-state index contributed by atoms with van der Waals surface area (Å²) in [5.74, 6) is -0.373. The minimum atomic E-state index is -4.85. The molecule has 2 fully saturated rings. The molecule has 2 aliphatic rings. The van der Waals surface area contributed by atoms with Crippen molar-refractivity contribution in [3.8, 4) is 5.75 Å². The molecule has 0 aliphatic carbocycles. The van der Waals surface area contributed by atoms with Crippen molar-refractivity contribution < 1.29 is 27.4 Å². The molecular weight excluding hydrogens is 530 g/mol. The van der Waals surface area contributed by atoms with Gasteiger partial charge in [0.2, 0.25) is 0 Å². The van der Waals surface area contributed by atoms with Gasteiger partial charge in [0.1, 0.15) is 11.3 Å². The first kappa shape index (κ1) is 27.1. The van der Waals surface area contributed by atoms with Crippen LogP contribution in [-0.2, 0) is 10.3 Å². The standard InChI is InChI=1S/C25H19Cl2F3N2O3.CH5N/c26-17-4-8-19(9-5-17)31-22-12-13-34-15-24(22,16-2-1-3-21(14-16)35-25(28,29)30)32(23(31)33)20-10-6-18(27)7-11-20;1-2/h1-11,14,22H,12-13,15H2;2H2,1H3. The summed E-state index contributed by atoms with van der Waals surface area (Å²) in [7, 11) is 1.50. The Morgan fingerprint density at radius 3 is 2.16 bits per heavy atom. The second-order valence-electron chi connectivity index (χ2n) is 8.30. The highest BCUT2D eigenvalue weighted by Gasteiger charge is 2.60. The van der Waals surface area contributed by atoms with Gasteiger partial charge in [0.05, 0.1) is 12.6 Å². The highest BCUT2D eigenvalue weighted by molar-refractivity contribution is 6.31. The fourth-order valence-electron chi connectivity index (χ4n) is 4.92. The summed E-state index contributed by atoms with van der Waals surface area (Å²) < 4.78 is 49.1. The number of ether oxygens (including phenoxy) is 2. The lowest BCUT2D eigenvalue weighted by Crippen LogP contribution is -2.56. The first-order valence-electron chi connectivity index (χ1n) is 11.4. The van der Waals surface area contributed by atoms with E-state index in [0.29, 0.717) is 40.0 Å². The van der Waals surface area contributed by atoms with Crippen LogP contribution in [0.2, 0.25) is 10.0 Å². The molecule has 5 rings (SSSR count). The second kappa shape index (κ2) is 10.8. The van der Waals surface area contributed by atoms with E-state index in [1.54, 1.807) is 64.4 Å². The molecule has 37 heavy (non-hydrogen) atoms. The molecule has 2 unspecified atom stereocenters. The van der Waals surface area contributed by atoms with Crippen LogP contribution in [0.25, 0.3) is 0 Å². The summed E-state index contributed by atoms with van der Waals surface area (Å²) in [5.41, 5.74) is 4.99. The van der Waals surface area contributed by atoms with Crippen LogP contribution in [0.4, 0.5) is 29.3 Å². The van der Waals surface area contributed by atoms with Crippen LogP contribution in [0.3, 0.4) is 0 Å². The summed E-state index contributed by atoms with van der Waals surface area (Å²) in [5, 5.41) is 1.01. The maximum Gasteiger partial charge on any atom is 0.573 e. The molecule has 0 aromatic heterocycles. The molecule has 2 aliphatic heterocycles. The Labute approximate surface area is 222 Å². The van der Waals surface area contributed by atoms with Gasteiger partial charge in [-0.2, -0.15) is 0 Å². The normalized spacial score (nSPS) is 21.3. The minimum absolute atomic E-state index is 0.0750. The zero-order valence-electron chi connectivity index (χ0n) is 19.7. The lowest BCUT2D eigenvalue weighted by molar-refractivity contribution is -0.274. The minimum Gasteiger partial charge on any atom is -0.406 e. The number of nitrogens with two attached hydrogens (primary N) is 1. The van der Waals surface area contributed by atoms with E-state index in [-0.39, 0.29) is 18.4 Å². The number of amides is 2. The average molecular weight is 554 g/mol. The number of nitrogens with zero attached hydrogens (tertiary/aromatic N) is 2. The molecule has 3 aromatic carbocycles. The van der Waals surface area contributed by atoms with Gasteiger partial charge in [0.25, 0.3) is 0 Å². The molecule has 196 valence electrons. The van der Waals surface area contributed by atoms with E-state index in [2.05, 4.69) is 10.5 Å². The van der Waals surface area contributed by atoms with Crippen LogP contribution < -0.4 is 20.3 Å². The Kier molecular flexibility index (Phi) is 7.89. The third kappa shape index (κ3) is 5.22. The molecule has 0 spiro atoms. The highest BCUT2D eigenvalue weighted by atomic mass is 35.5. The Morgan fingerprint density at radius 1 is 0.973 bits per heavy atom. The molecule has 11 heteroatoms. The zero-order valence-corrected chi connectivity index (χ0v) is 21.2. The summed E-state index contributed by atoms with van der Waals surface area (Å²) in [6, 6.07) is 18.5. The van der Waals surface area contributed by atoms with Crippen molar-refractivity contribution in [3.05, 3.63) is 88.4 Å². The van der Waals surface area contributed by atoms with Crippen molar-refractivity contribution in [1.29, 1.82) is 0 Å². The first-order valence-corrected chi connectivity index (χ1v) is 12.1.